The number of carbonyl (C=O) groups is 1. The van der Waals surface area contributed by atoms with Crippen molar-refractivity contribution in [3.63, 3.8) is 0 Å². The van der Waals surface area contributed by atoms with E-state index in [0.29, 0.717) is 11.8 Å². The summed E-state index contributed by atoms with van der Waals surface area (Å²) >= 11 is 0. The normalized spacial score (nSPS) is 23.8. The highest BCUT2D eigenvalue weighted by Gasteiger charge is 2.35. The van der Waals surface area contributed by atoms with Crippen LogP contribution in [0, 0.1) is 11.8 Å². The summed E-state index contributed by atoms with van der Waals surface area (Å²) < 4.78 is 1.83. The molecule has 2 fully saturated rings. The fourth-order valence-electron chi connectivity index (χ4n) is 4.10. The summed E-state index contributed by atoms with van der Waals surface area (Å²) in [6.07, 6.45) is 8.19. The lowest BCUT2D eigenvalue weighted by Crippen LogP contribution is -2.43. The van der Waals surface area contributed by atoms with Crippen molar-refractivity contribution in [1.29, 1.82) is 0 Å². The Hall–Kier alpha value is -1.36. The molecular weight excluding hydrogens is 288 g/mol. The second-order valence-electron chi connectivity index (χ2n) is 7.61. The van der Waals surface area contributed by atoms with Crippen LogP contribution in [0.5, 0.6) is 0 Å². The van der Waals surface area contributed by atoms with Crippen molar-refractivity contribution in [1.82, 2.24) is 19.6 Å². The molecule has 2 aliphatic heterocycles. The molecular formula is C18H30N4O. The molecule has 0 aromatic carbocycles. The Morgan fingerprint density at radius 1 is 1.26 bits per heavy atom. The molecule has 3 heterocycles. The predicted molar refractivity (Wildman–Crippen MR) is 90.9 cm³/mol. The van der Waals surface area contributed by atoms with Crippen LogP contribution in [0.3, 0.4) is 0 Å². The van der Waals surface area contributed by atoms with Crippen LogP contribution in [-0.2, 0) is 11.8 Å². The smallest absolute Gasteiger partial charge is 0.226 e. The topological polar surface area (TPSA) is 41.4 Å². The maximum absolute atomic E-state index is 13.0. The van der Waals surface area contributed by atoms with Gasteiger partial charge in [0.1, 0.15) is 0 Å². The first-order valence-electron chi connectivity index (χ1n) is 9.06. The first kappa shape index (κ1) is 16.5. The summed E-state index contributed by atoms with van der Waals surface area (Å²) in [5, 5.41) is 4.28. The molecule has 1 amide bonds. The molecule has 0 bridgehead atoms. The van der Waals surface area contributed by atoms with E-state index in [4.69, 9.17) is 0 Å². The van der Waals surface area contributed by atoms with Crippen LogP contribution < -0.4 is 0 Å². The molecule has 0 spiro atoms. The number of hydrogen-bond acceptors (Lipinski definition) is 3. The second-order valence-corrected chi connectivity index (χ2v) is 7.61. The number of nitrogens with zero attached hydrogens (tertiary/aromatic N) is 4. The fourth-order valence-corrected chi connectivity index (χ4v) is 4.10. The van der Waals surface area contributed by atoms with Gasteiger partial charge >= 0.3 is 0 Å². The van der Waals surface area contributed by atoms with Crippen molar-refractivity contribution < 1.29 is 4.79 Å². The standard InChI is InChI=1S/C18H30N4O/c1-14(2)12-21-9-6-15(7-10-21)18(23)22-8-4-5-17(22)16-11-19-20(3)13-16/h11,13-15,17H,4-10,12H2,1-3H3. The van der Waals surface area contributed by atoms with Crippen LogP contribution in [0.15, 0.2) is 12.4 Å². The first-order chi connectivity index (χ1) is 11.0. The zero-order chi connectivity index (χ0) is 16.4. The zero-order valence-electron chi connectivity index (χ0n) is 14.7. The van der Waals surface area contributed by atoms with Crippen LogP contribution >= 0.6 is 0 Å². The van der Waals surface area contributed by atoms with Gasteiger partial charge < -0.3 is 9.80 Å². The monoisotopic (exact) mass is 318 g/mol. The number of carbonyl (C=O) groups excluding carboxylic acids is 1. The van der Waals surface area contributed by atoms with Gasteiger partial charge in [-0.25, -0.2) is 0 Å². The summed E-state index contributed by atoms with van der Waals surface area (Å²) in [7, 11) is 1.94. The molecule has 23 heavy (non-hydrogen) atoms. The minimum atomic E-state index is 0.218. The van der Waals surface area contributed by atoms with Gasteiger partial charge in [-0.1, -0.05) is 13.8 Å². The Morgan fingerprint density at radius 2 is 2.00 bits per heavy atom. The minimum absolute atomic E-state index is 0.218. The van der Waals surface area contributed by atoms with Crippen LogP contribution in [-0.4, -0.2) is 51.7 Å². The first-order valence-corrected chi connectivity index (χ1v) is 9.06. The van der Waals surface area contributed by atoms with E-state index in [2.05, 4.69) is 34.9 Å². The van der Waals surface area contributed by atoms with Crippen molar-refractivity contribution in [2.75, 3.05) is 26.2 Å². The molecule has 5 heteroatoms. The Balaban J connectivity index is 1.59. The number of rotatable bonds is 4. The van der Waals surface area contributed by atoms with Crippen LogP contribution in [0.25, 0.3) is 0 Å². The highest BCUT2D eigenvalue weighted by molar-refractivity contribution is 5.79. The van der Waals surface area contributed by atoms with Crippen LogP contribution in [0.1, 0.15) is 51.1 Å². The third-order valence-corrected chi connectivity index (χ3v) is 5.21. The SMILES string of the molecule is CC(C)CN1CCC(C(=O)N2CCCC2c2cnn(C)c2)CC1. The molecule has 0 aliphatic carbocycles. The number of amides is 1. The van der Waals surface area contributed by atoms with Gasteiger partial charge in [0, 0.05) is 37.8 Å². The second kappa shape index (κ2) is 7.04. The number of piperidine rings is 1. The molecule has 5 nitrogen and oxygen atoms in total. The highest BCUT2D eigenvalue weighted by atomic mass is 16.2. The summed E-state index contributed by atoms with van der Waals surface area (Å²) in [6.45, 7) is 8.73. The van der Waals surface area contributed by atoms with Gasteiger partial charge in [-0.05, 0) is 44.7 Å². The van der Waals surface area contributed by atoms with Gasteiger partial charge in [0.15, 0.2) is 0 Å². The van der Waals surface area contributed by atoms with Crippen LogP contribution in [0.4, 0.5) is 0 Å². The number of hydrogen-bond donors (Lipinski definition) is 0. The van der Waals surface area contributed by atoms with Crippen molar-refractivity contribution >= 4 is 5.91 Å². The fraction of sp³-hybridized carbons (Fsp3) is 0.778. The quantitative estimate of drug-likeness (QED) is 0.856. The Bertz CT molecular complexity index is 531. The Morgan fingerprint density at radius 3 is 2.61 bits per heavy atom. The third kappa shape index (κ3) is 3.77. The average molecular weight is 318 g/mol. The van der Waals surface area contributed by atoms with Gasteiger partial charge in [-0.2, -0.15) is 5.10 Å². The van der Waals surface area contributed by atoms with Crippen molar-refractivity contribution in [3.8, 4) is 0 Å². The van der Waals surface area contributed by atoms with E-state index in [0.717, 1.165) is 51.9 Å². The predicted octanol–water partition coefficient (Wildman–Crippen LogP) is 2.45. The van der Waals surface area contributed by atoms with E-state index >= 15 is 0 Å². The minimum Gasteiger partial charge on any atom is -0.335 e. The lowest BCUT2D eigenvalue weighted by atomic mass is 9.94. The van der Waals surface area contributed by atoms with Crippen LogP contribution in [0.2, 0.25) is 0 Å². The molecule has 128 valence electrons. The molecule has 1 aromatic heterocycles. The van der Waals surface area contributed by atoms with Gasteiger partial charge in [0.2, 0.25) is 5.91 Å². The molecule has 0 radical (unpaired) electrons. The Kier molecular flexibility index (Phi) is 5.05. The van der Waals surface area contributed by atoms with E-state index < -0.39 is 0 Å². The lowest BCUT2D eigenvalue weighted by Gasteiger charge is -2.35. The molecule has 2 aliphatic rings. The maximum Gasteiger partial charge on any atom is 0.226 e. The highest BCUT2D eigenvalue weighted by Crippen LogP contribution is 2.34. The molecule has 1 atom stereocenters. The van der Waals surface area contributed by atoms with Gasteiger partial charge in [-0.15, -0.1) is 0 Å². The molecule has 1 unspecified atom stereocenters. The van der Waals surface area contributed by atoms with Crippen molar-refractivity contribution in [2.24, 2.45) is 18.9 Å². The Labute approximate surface area is 139 Å². The summed E-state index contributed by atoms with van der Waals surface area (Å²) in [5.74, 6) is 1.30. The van der Waals surface area contributed by atoms with E-state index in [1.165, 1.54) is 5.56 Å². The summed E-state index contributed by atoms with van der Waals surface area (Å²) in [5.41, 5.74) is 1.19. The van der Waals surface area contributed by atoms with E-state index in [1.54, 1.807) is 0 Å². The molecule has 2 saturated heterocycles. The molecule has 0 N–H and O–H groups in total. The van der Waals surface area contributed by atoms with E-state index in [1.807, 2.05) is 17.9 Å². The number of aryl methyl sites for hydroxylation is 1. The van der Waals surface area contributed by atoms with E-state index in [-0.39, 0.29) is 12.0 Å². The van der Waals surface area contributed by atoms with Crippen molar-refractivity contribution in [3.05, 3.63) is 18.0 Å². The van der Waals surface area contributed by atoms with Gasteiger partial charge in [0.25, 0.3) is 0 Å². The number of aromatic nitrogens is 2. The largest absolute Gasteiger partial charge is 0.335 e. The third-order valence-electron chi connectivity index (χ3n) is 5.21. The molecule has 1 aromatic rings. The molecule has 3 rings (SSSR count). The van der Waals surface area contributed by atoms with E-state index in [9.17, 15) is 4.79 Å². The average Bonchev–Trinajstić information content (AvgIpc) is 3.15. The number of likely N-dealkylation sites (tertiary alicyclic amines) is 2. The lowest BCUT2D eigenvalue weighted by molar-refractivity contribution is -0.138. The maximum atomic E-state index is 13.0. The zero-order valence-corrected chi connectivity index (χ0v) is 14.7. The van der Waals surface area contributed by atoms with Crippen molar-refractivity contribution in [2.45, 2.75) is 45.6 Å². The summed E-state index contributed by atoms with van der Waals surface area (Å²) in [6, 6.07) is 0.241. The molecule has 0 saturated carbocycles. The van der Waals surface area contributed by atoms with Gasteiger partial charge in [0.05, 0.1) is 12.2 Å². The summed E-state index contributed by atoms with van der Waals surface area (Å²) in [4.78, 5) is 17.6. The van der Waals surface area contributed by atoms with Gasteiger partial charge in [-0.3, -0.25) is 9.48 Å².